The highest BCUT2D eigenvalue weighted by Gasteiger charge is 2.24. The minimum Gasteiger partial charge on any atom is -0.126 e. The summed E-state index contributed by atoms with van der Waals surface area (Å²) in [7, 11) is 0. The summed E-state index contributed by atoms with van der Waals surface area (Å²) in [4.78, 5) is 0. The van der Waals surface area contributed by atoms with Gasteiger partial charge >= 0.3 is 6.00 Å². The zero-order valence-electron chi connectivity index (χ0n) is 5.65. The Balaban J connectivity index is 2.66. The SMILES string of the molecule is Cl[Si](Cl)(Cl)Cc1c[c]ccc1. The second-order valence-electron chi connectivity index (χ2n) is 2.20. The summed E-state index contributed by atoms with van der Waals surface area (Å²) < 4.78 is 0. The molecule has 0 heterocycles. The fraction of sp³-hybridized carbons (Fsp3) is 0.143. The maximum Gasteiger partial charge on any atom is 0.345 e. The molecule has 0 fully saturated rings. The number of hydrogen-bond donors (Lipinski definition) is 0. The predicted molar refractivity (Wildman–Crippen MR) is 52.3 cm³/mol. The fourth-order valence-corrected chi connectivity index (χ4v) is 2.84. The van der Waals surface area contributed by atoms with Crippen LogP contribution in [0.5, 0.6) is 0 Å². The highest BCUT2D eigenvalue weighted by atomic mass is 35.8. The molecule has 0 aliphatic carbocycles. The molecule has 0 aliphatic heterocycles. The number of benzene rings is 1. The number of hydrogen-bond acceptors (Lipinski definition) is 0. The number of halogens is 3. The summed E-state index contributed by atoms with van der Waals surface area (Å²) in [5.41, 5.74) is 1.04. The van der Waals surface area contributed by atoms with E-state index in [1.54, 1.807) is 0 Å². The van der Waals surface area contributed by atoms with Crippen LogP contribution in [0, 0.1) is 6.07 Å². The van der Waals surface area contributed by atoms with Crippen molar-refractivity contribution in [3.8, 4) is 0 Å². The fourth-order valence-electron chi connectivity index (χ4n) is 0.772. The molecule has 0 unspecified atom stereocenters. The van der Waals surface area contributed by atoms with Crippen LogP contribution in [0.2, 0.25) is 0 Å². The van der Waals surface area contributed by atoms with E-state index in [0.29, 0.717) is 6.04 Å². The van der Waals surface area contributed by atoms with E-state index in [-0.39, 0.29) is 0 Å². The van der Waals surface area contributed by atoms with Gasteiger partial charge in [-0.2, -0.15) is 0 Å². The lowest BCUT2D eigenvalue weighted by Gasteiger charge is -2.06. The van der Waals surface area contributed by atoms with Crippen LogP contribution < -0.4 is 0 Å². The first-order valence-corrected chi connectivity index (χ1v) is 8.34. The van der Waals surface area contributed by atoms with E-state index in [2.05, 4.69) is 6.07 Å². The van der Waals surface area contributed by atoms with Crippen molar-refractivity contribution in [2.45, 2.75) is 6.04 Å². The summed E-state index contributed by atoms with van der Waals surface area (Å²) in [6.07, 6.45) is 0. The Labute approximate surface area is 81.2 Å². The summed E-state index contributed by atoms with van der Waals surface area (Å²) in [5.74, 6) is 0. The first-order valence-electron chi connectivity index (χ1n) is 3.10. The van der Waals surface area contributed by atoms with Gasteiger partial charge < -0.3 is 0 Å². The van der Waals surface area contributed by atoms with Crippen LogP contribution >= 0.6 is 33.2 Å². The van der Waals surface area contributed by atoms with E-state index in [9.17, 15) is 0 Å². The molecule has 0 N–H and O–H groups in total. The van der Waals surface area contributed by atoms with Crippen molar-refractivity contribution in [1.82, 2.24) is 0 Å². The van der Waals surface area contributed by atoms with Crippen molar-refractivity contribution in [1.29, 1.82) is 0 Å². The van der Waals surface area contributed by atoms with Crippen LogP contribution in [-0.2, 0) is 6.04 Å². The summed E-state index contributed by atoms with van der Waals surface area (Å²) in [6, 6.07) is 8.48. The summed E-state index contributed by atoms with van der Waals surface area (Å²) in [6.45, 7) is 0. The van der Waals surface area contributed by atoms with Gasteiger partial charge in [-0.15, -0.1) is 33.2 Å². The van der Waals surface area contributed by atoms with E-state index in [0.717, 1.165) is 5.56 Å². The quantitative estimate of drug-likeness (QED) is 0.535. The molecule has 0 atom stereocenters. The van der Waals surface area contributed by atoms with Crippen LogP contribution in [0.15, 0.2) is 24.3 Å². The molecule has 1 rings (SSSR count). The standard InChI is InChI=1S/C7H6Cl3Si/c8-11(9,10)6-7-4-2-1-3-5-7/h1-2,4-5H,6H2. The van der Waals surface area contributed by atoms with Gasteiger partial charge in [-0.05, 0) is 11.6 Å². The summed E-state index contributed by atoms with van der Waals surface area (Å²) >= 11 is 17.2. The second-order valence-corrected chi connectivity index (χ2v) is 11.3. The molecule has 1 aromatic carbocycles. The van der Waals surface area contributed by atoms with Gasteiger partial charge in [-0.25, -0.2) is 0 Å². The third-order valence-electron chi connectivity index (χ3n) is 1.18. The first-order chi connectivity index (χ1) is 5.08. The normalized spacial score (nSPS) is 11.5. The highest BCUT2D eigenvalue weighted by Crippen LogP contribution is 2.24. The minimum atomic E-state index is -2.50. The van der Waals surface area contributed by atoms with Gasteiger partial charge in [0, 0.05) is 6.04 Å². The molecule has 0 aliphatic rings. The van der Waals surface area contributed by atoms with E-state index in [1.807, 2.05) is 24.3 Å². The average molecular weight is 225 g/mol. The second kappa shape index (κ2) is 3.81. The van der Waals surface area contributed by atoms with E-state index in [4.69, 9.17) is 33.2 Å². The van der Waals surface area contributed by atoms with Crippen molar-refractivity contribution in [3.63, 3.8) is 0 Å². The molecule has 59 valence electrons. The van der Waals surface area contributed by atoms with Gasteiger partial charge in [0.15, 0.2) is 0 Å². The van der Waals surface area contributed by atoms with Crippen molar-refractivity contribution in [2.75, 3.05) is 0 Å². The molecule has 0 saturated heterocycles. The van der Waals surface area contributed by atoms with Crippen LogP contribution in [-0.4, -0.2) is 6.00 Å². The molecule has 1 aromatic rings. The molecule has 0 spiro atoms. The lowest BCUT2D eigenvalue weighted by molar-refractivity contribution is 1.38. The Morgan fingerprint density at radius 1 is 1.36 bits per heavy atom. The van der Waals surface area contributed by atoms with Crippen molar-refractivity contribution < 1.29 is 0 Å². The van der Waals surface area contributed by atoms with Gasteiger partial charge in [0.05, 0.1) is 0 Å². The van der Waals surface area contributed by atoms with E-state index in [1.165, 1.54) is 0 Å². The average Bonchev–Trinajstić information content (AvgIpc) is 1.85. The van der Waals surface area contributed by atoms with E-state index < -0.39 is 6.00 Å². The Bertz CT molecular complexity index is 217. The van der Waals surface area contributed by atoms with Gasteiger partial charge in [0.25, 0.3) is 0 Å². The monoisotopic (exact) mass is 223 g/mol. The Kier molecular flexibility index (Phi) is 3.25. The third kappa shape index (κ3) is 4.02. The van der Waals surface area contributed by atoms with Crippen LogP contribution in [0.4, 0.5) is 0 Å². The van der Waals surface area contributed by atoms with Crippen LogP contribution in [0.3, 0.4) is 0 Å². The van der Waals surface area contributed by atoms with Gasteiger partial charge in [0.2, 0.25) is 0 Å². The Morgan fingerprint density at radius 3 is 2.55 bits per heavy atom. The molecular formula is C7H6Cl3Si. The maximum atomic E-state index is 5.72. The predicted octanol–water partition coefficient (Wildman–Crippen LogP) is 3.22. The molecule has 0 nitrogen and oxygen atoms in total. The van der Waals surface area contributed by atoms with Crippen molar-refractivity contribution in [2.24, 2.45) is 0 Å². The first kappa shape index (κ1) is 9.40. The third-order valence-corrected chi connectivity index (χ3v) is 3.19. The lowest BCUT2D eigenvalue weighted by Crippen LogP contribution is -2.13. The van der Waals surface area contributed by atoms with Crippen LogP contribution in [0.25, 0.3) is 0 Å². The Morgan fingerprint density at radius 2 is 2.09 bits per heavy atom. The molecule has 1 radical (unpaired) electrons. The molecule has 4 heteroatoms. The summed E-state index contributed by atoms with van der Waals surface area (Å²) in [5, 5.41) is 0. The zero-order chi connectivity index (χ0) is 8.32. The van der Waals surface area contributed by atoms with Crippen molar-refractivity contribution in [3.05, 3.63) is 35.9 Å². The van der Waals surface area contributed by atoms with Crippen molar-refractivity contribution >= 4 is 39.2 Å². The topological polar surface area (TPSA) is 0 Å². The smallest absolute Gasteiger partial charge is 0.126 e. The molecule has 0 bridgehead atoms. The molecule has 0 amide bonds. The Hall–Kier alpha value is 0.307. The minimum absolute atomic E-state index is 0.564. The molecule has 0 aromatic heterocycles. The highest BCUT2D eigenvalue weighted by molar-refractivity contribution is 7.64. The van der Waals surface area contributed by atoms with Gasteiger partial charge in [-0.1, -0.05) is 24.3 Å². The van der Waals surface area contributed by atoms with E-state index >= 15 is 0 Å². The van der Waals surface area contributed by atoms with Gasteiger partial charge in [0.1, 0.15) is 0 Å². The van der Waals surface area contributed by atoms with Gasteiger partial charge in [-0.3, -0.25) is 0 Å². The zero-order valence-corrected chi connectivity index (χ0v) is 8.92. The molecule has 11 heavy (non-hydrogen) atoms. The molecular weight excluding hydrogens is 219 g/mol. The maximum absolute atomic E-state index is 5.72. The number of rotatable bonds is 2. The lowest BCUT2D eigenvalue weighted by atomic mass is 10.2. The molecule has 0 saturated carbocycles. The largest absolute Gasteiger partial charge is 0.345 e. The van der Waals surface area contributed by atoms with Crippen LogP contribution in [0.1, 0.15) is 5.56 Å².